The van der Waals surface area contributed by atoms with Gasteiger partial charge >= 0.3 is 0 Å². The van der Waals surface area contributed by atoms with E-state index in [1.807, 2.05) is 30.3 Å². The van der Waals surface area contributed by atoms with Crippen molar-refractivity contribution in [2.75, 3.05) is 6.61 Å². The largest absolute Gasteiger partial charge is 0.507 e. The van der Waals surface area contributed by atoms with Gasteiger partial charge in [0.15, 0.2) is 5.82 Å². The quantitative estimate of drug-likeness (QED) is 0.800. The van der Waals surface area contributed by atoms with Crippen LogP contribution < -0.4 is 10.4 Å². The molecule has 0 bridgehead atoms. The highest BCUT2D eigenvalue weighted by molar-refractivity contribution is 5.85. The lowest BCUT2D eigenvalue weighted by atomic mass is 10.2. The highest BCUT2D eigenvalue weighted by Crippen LogP contribution is 2.22. The summed E-state index contributed by atoms with van der Waals surface area (Å²) >= 11 is 0. The van der Waals surface area contributed by atoms with E-state index in [4.69, 9.17) is 4.84 Å². The molecule has 0 saturated carbocycles. The third-order valence-electron chi connectivity index (χ3n) is 3.13. The minimum atomic E-state index is -0.418. The van der Waals surface area contributed by atoms with Crippen LogP contribution in [0.4, 0.5) is 0 Å². The molecule has 0 radical (unpaired) electrons. The van der Waals surface area contributed by atoms with Crippen LogP contribution in [0.2, 0.25) is 0 Å². The van der Waals surface area contributed by atoms with Gasteiger partial charge in [-0.25, -0.2) is 4.98 Å². The molecule has 1 heterocycles. The minimum Gasteiger partial charge on any atom is -0.507 e. The smallest absolute Gasteiger partial charge is 0.298 e. The fourth-order valence-electron chi connectivity index (χ4n) is 2.22. The van der Waals surface area contributed by atoms with Crippen LogP contribution in [0.5, 0.6) is 5.75 Å². The number of benzene rings is 2. The second-order valence-electron chi connectivity index (χ2n) is 4.49. The van der Waals surface area contributed by atoms with Crippen molar-refractivity contribution in [2.45, 2.75) is 6.92 Å². The molecule has 21 heavy (non-hydrogen) atoms. The summed E-state index contributed by atoms with van der Waals surface area (Å²) in [6.45, 7) is 2.11. The molecule has 0 unspecified atom stereocenters. The Balaban J connectivity index is 2.39. The molecule has 5 nitrogen and oxygen atoms in total. The number of phenols is 1. The molecule has 0 aliphatic rings. The van der Waals surface area contributed by atoms with Crippen LogP contribution >= 0.6 is 0 Å². The third kappa shape index (κ3) is 2.23. The third-order valence-corrected chi connectivity index (χ3v) is 3.13. The molecule has 3 aromatic rings. The fourth-order valence-corrected chi connectivity index (χ4v) is 2.22. The van der Waals surface area contributed by atoms with Crippen molar-refractivity contribution < 1.29 is 9.94 Å². The lowest BCUT2D eigenvalue weighted by molar-refractivity contribution is 0.116. The maximum absolute atomic E-state index is 12.6. The number of hydrogen-bond donors (Lipinski definition) is 1. The first kappa shape index (κ1) is 13.2. The average Bonchev–Trinajstić information content (AvgIpc) is 2.51. The maximum Gasteiger partial charge on any atom is 0.298 e. The predicted molar refractivity (Wildman–Crippen MR) is 80.2 cm³/mol. The Morgan fingerprint density at radius 3 is 2.62 bits per heavy atom. The van der Waals surface area contributed by atoms with Crippen LogP contribution in [0.3, 0.4) is 0 Å². The molecule has 106 valence electrons. The van der Waals surface area contributed by atoms with Crippen molar-refractivity contribution in [1.82, 2.24) is 9.71 Å². The van der Waals surface area contributed by atoms with Gasteiger partial charge in [0.2, 0.25) is 0 Å². The molecule has 1 N–H and O–H groups in total. The van der Waals surface area contributed by atoms with Crippen molar-refractivity contribution in [1.29, 1.82) is 0 Å². The zero-order chi connectivity index (χ0) is 14.8. The number of fused-ring (bicyclic) bond motifs is 1. The van der Waals surface area contributed by atoms with Gasteiger partial charge in [-0.15, -0.1) is 4.73 Å². The summed E-state index contributed by atoms with van der Waals surface area (Å²) in [7, 11) is 0. The van der Waals surface area contributed by atoms with Gasteiger partial charge in [0.1, 0.15) is 17.7 Å². The predicted octanol–water partition coefficient (Wildman–Crippen LogP) is 2.22. The van der Waals surface area contributed by atoms with Crippen LogP contribution in [0.1, 0.15) is 6.92 Å². The Kier molecular flexibility index (Phi) is 3.31. The zero-order valence-electron chi connectivity index (χ0n) is 11.5. The molecule has 0 aliphatic carbocycles. The number of aromatic nitrogens is 2. The number of aromatic hydroxyl groups is 1. The summed E-state index contributed by atoms with van der Waals surface area (Å²) in [5.74, 6) is 0.318. The van der Waals surface area contributed by atoms with Gasteiger partial charge in [0, 0.05) is 5.56 Å². The van der Waals surface area contributed by atoms with E-state index in [1.165, 1.54) is 6.07 Å². The Morgan fingerprint density at radius 1 is 1.14 bits per heavy atom. The van der Waals surface area contributed by atoms with Gasteiger partial charge in [-0.05, 0) is 19.1 Å². The van der Waals surface area contributed by atoms with Crippen molar-refractivity contribution >= 4 is 10.9 Å². The first-order chi connectivity index (χ1) is 10.2. The van der Waals surface area contributed by atoms with Gasteiger partial charge in [-0.3, -0.25) is 4.79 Å². The molecule has 0 fully saturated rings. The number of phenolic OH excluding ortho intramolecular Hbond substituents is 1. The van der Waals surface area contributed by atoms with E-state index in [0.717, 1.165) is 10.3 Å². The second-order valence-corrected chi connectivity index (χ2v) is 4.49. The monoisotopic (exact) mass is 282 g/mol. The maximum atomic E-state index is 12.6. The van der Waals surface area contributed by atoms with E-state index in [0.29, 0.717) is 17.9 Å². The summed E-state index contributed by atoms with van der Waals surface area (Å²) in [6, 6.07) is 14.1. The molecule has 0 amide bonds. The number of rotatable bonds is 3. The summed E-state index contributed by atoms with van der Waals surface area (Å²) in [5, 5.41) is 10.1. The van der Waals surface area contributed by atoms with Crippen LogP contribution in [0, 0.1) is 0 Å². The van der Waals surface area contributed by atoms with E-state index >= 15 is 0 Å². The summed E-state index contributed by atoms with van der Waals surface area (Å²) in [6.07, 6.45) is 0. The minimum absolute atomic E-state index is 0.0990. The topological polar surface area (TPSA) is 64.3 Å². The van der Waals surface area contributed by atoms with Crippen molar-refractivity contribution in [3.8, 4) is 17.1 Å². The van der Waals surface area contributed by atoms with Crippen molar-refractivity contribution in [2.24, 2.45) is 0 Å². The molecule has 5 heteroatoms. The molecular weight excluding hydrogens is 268 g/mol. The second kappa shape index (κ2) is 5.28. The molecular formula is C16H14N2O3. The van der Waals surface area contributed by atoms with E-state index in [-0.39, 0.29) is 11.1 Å². The first-order valence-electron chi connectivity index (χ1n) is 6.66. The molecule has 1 aromatic heterocycles. The Morgan fingerprint density at radius 2 is 1.90 bits per heavy atom. The summed E-state index contributed by atoms with van der Waals surface area (Å²) in [5.41, 5.74) is 0.793. The lowest BCUT2D eigenvalue weighted by Crippen LogP contribution is -2.29. The van der Waals surface area contributed by atoms with Crippen LogP contribution in [-0.4, -0.2) is 21.4 Å². The number of hydrogen-bond acceptors (Lipinski definition) is 4. The molecule has 3 rings (SSSR count). The molecule has 0 atom stereocenters. The van der Waals surface area contributed by atoms with Crippen molar-refractivity contribution in [3.05, 3.63) is 58.9 Å². The highest BCUT2D eigenvalue weighted by Gasteiger charge is 2.15. The van der Waals surface area contributed by atoms with Crippen LogP contribution in [0.15, 0.2) is 53.3 Å². The van der Waals surface area contributed by atoms with Crippen LogP contribution in [0.25, 0.3) is 22.3 Å². The van der Waals surface area contributed by atoms with Gasteiger partial charge in [-0.2, -0.15) is 0 Å². The van der Waals surface area contributed by atoms with Gasteiger partial charge in [0.25, 0.3) is 5.56 Å². The summed E-state index contributed by atoms with van der Waals surface area (Å²) in [4.78, 5) is 22.5. The van der Waals surface area contributed by atoms with Crippen LogP contribution in [-0.2, 0) is 0 Å². The summed E-state index contributed by atoms with van der Waals surface area (Å²) < 4.78 is 1.14. The molecule has 0 spiro atoms. The first-order valence-corrected chi connectivity index (χ1v) is 6.66. The fraction of sp³-hybridized carbons (Fsp3) is 0.125. The van der Waals surface area contributed by atoms with Gasteiger partial charge in [0.05, 0.1) is 5.52 Å². The molecule has 0 saturated heterocycles. The van der Waals surface area contributed by atoms with E-state index in [2.05, 4.69) is 4.98 Å². The zero-order valence-corrected chi connectivity index (χ0v) is 11.5. The van der Waals surface area contributed by atoms with E-state index in [9.17, 15) is 9.90 Å². The van der Waals surface area contributed by atoms with Gasteiger partial charge in [-0.1, -0.05) is 36.4 Å². The molecule has 0 aliphatic heterocycles. The Hall–Kier alpha value is -2.82. The molecule has 2 aromatic carbocycles. The SMILES string of the molecule is CCOn1c(-c2ccccc2)nc2cccc(O)c2c1=O. The van der Waals surface area contributed by atoms with Gasteiger partial charge < -0.3 is 9.94 Å². The normalized spacial score (nSPS) is 10.7. The van der Waals surface area contributed by atoms with E-state index in [1.54, 1.807) is 19.1 Å². The van der Waals surface area contributed by atoms with E-state index < -0.39 is 5.56 Å². The highest BCUT2D eigenvalue weighted by atomic mass is 16.7. The lowest BCUT2D eigenvalue weighted by Gasteiger charge is -2.13. The average molecular weight is 282 g/mol. The van der Waals surface area contributed by atoms with Crippen molar-refractivity contribution in [3.63, 3.8) is 0 Å². The standard InChI is InChI=1S/C16H14N2O3/c1-2-21-18-15(11-7-4-3-5-8-11)17-12-9-6-10-13(19)14(12)16(18)20/h3-10,19H,2H2,1H3. The Bertz CT molecular complexity index is 841. The number of nitrogens with zero attached hydrogens (tertiary/aromatic N) is 2. The Labute approximate surface area is 121 Å².